The second-order valence-corrected chi connectivity index (χ2v) is 4.63. The third-order valence-corrected chi connectivity index (χ3v) is 3.22. The Labute approximate surface area is 112 Å². The fourth-order valence-electron chi connectivity index (χ4n) is 2.11. The van der Waals surface area contributed by atoms with E-state index in [-0.39, 0.29) is 18.1 Å². The zero-order valence-corrected chi connectivity index (χ0v) is 10.5. The van der Waals surface area contributed by atoms with Crippen molar-refractivity contribution in [1.29, 1.82) is 0 Å². The largest absolute Gasteiger partial charge is 0.460 e. The summed E-state index contributed by atoms with van der Waals surface area (Å²) in [4.78, 5) is 11.9. The molecule has 1 N–H and O–H groups in total. The van der Waals surface area contributed by atoms with Gasteiger partial charge in [-0.3, -0.25) is 10.1 Å². The molecule has 1 aliphatic rings. The standard InChI is InChI=1S/C16H15NO2/c18-16(19-11-12-7-3-1-4-8-12)15-14(17-15)13-9-5-2-6-10-13/h1-10,14-15,17H,11H2/t14-,15+/m1/s1. The van der Waals surface area contributed by atoms with Crippen molar-refractivity contribution < 1.29 is 9.53 Å². The van der Waals surface area contributed by atoms with Crippen LogP contribution in [0.15, 0.2) is 60.7 Å². The molecule has 3 nitrogen and oxygen atoms in total. The molecule has 0 saturated carbocycles. The highest BCUT2D eigenvalue weighted by atomic mass is 16.5. The molecule has 0 unspecified atom stereocenters. The van der Waals surface area contributed by atoms with Crippen LogP contribution in [0.2, 0.25) is 0 Å². The zero-order valence-electron chi connectivity index (χ0n) is 10.5. The molecule has 1 aliphatic heterocycles. The Morgan fingerprint density at radius 2 is 1.63 bits per heavy atom. The van der Waals surface area contributed by atoms with Crippen LogP contribution >= 0.6 is 0 Å². The van der Waals surface area contributed by atoms with Gasteiger partial charge in [0, 0.05) is 0 Å². The summed E-state index contributed by atoms with van der Waals surface area (Å²) in [6, 6.07) is 19.6. The minimum Gasteiger partial charge on any atom is -0.460 e. The van der Waals surface area contributed by atoms with E-state index >= 15 is 0 Å². The Morgan fingerprint density at radius 3 is 2.32 bits per heavy atom. The summed E-state index contributed by atoms with van der Waals surface area (Å²) < 4.78 is 5.30. The van der Waals surface area contributed by atoms with Gasteiger partial charge in [-0.2, -0.15) is 0 Å². The highest BCUT2D eigenvalue weighted by Crippen LogP contribution is 2.30. The van der Waals surface area contributed by atoms with Crippen LogP contribution in [-0.4, -0.2) is 12.0 Å². The molecule has 2 aromatic rings. The summed E-state index contributed by atoms with van der Waals surface area (Å²) in [5.74, 6) is -0.183. The van der Waals surface area contributed by atoms with Crippen molar-refractivity contribution in [2.24, 2.45) is 0 Å². The lowest BCUT2D eigenvalue weighted by Crippen LogP contribution is -2.14. The molecule has 96 valence electrons. The first-order valence-electron chi connectivity index (χ1n) is 6.36. The van der Waals surface area contributed by atoms with Crippen molar-refractivity contribution in [2.75, 3.05) is 0 Å². The van der Waals surface area contributed by atoms with Crippen LogP contribution in [0.25, 0.3) is 0 Å². The van der Waals surface area contributed by atoms with Gasteiger partial charge in [0.2, 0.25) is 0 Å². The summed E-state index contributed by atoms with van der Waals surface area (Å²) in [6.45, 7) is 0.333. The molecule has 2 aromatic carbocycles. The number of nitrogens with one attached hydrogen (secondary N) is 1. The number of carbonyl (C=O) groups is 1. The van der Waals surface area contributed by atoms with Crippen LogP contribution in [0.1, 0.15) is 17.2 Å². The van der Waals surface area contributed by atoms with E-state index in [1.807, 2.05) is 60.7 Å². The van der Waals surface area contributed by atoms with Crippen LogP contribution in [0, 0.1) is 0 Å². The fourth-order valence-corrected chi connectivity index (χ4v) is 2.11. The molecule has 1 saturated heterocycles. The number of carbonyl (C=O) groups excluding carboxylic acids is 1. The first-order chi connectivity index (χ1) is 9.34. The molecule has 1 fully saturated rings. The van der Waals surface area contributed by atoms with Crippen LogP contribution < -0.4 is 5.32 Å². The molecule has 3 rings (SSSR count). The van der Waals surface area contributed by atoms with E-state index < -0.39 is 0 Å². The van der Waals surface area contributed by atoms with Gasteiger partial charge in [0.15, 0.2) is 0 Å². The van der Waals surface area contributed by atoms with E-state index in [4.69, 9.17) is 4.74 Å². The van der Waals surface area contributed by atoms with E-state index in [1.54, 1.807) is 0 Å². The summed E-state index contributed by atoms with van der Waals surface area (Å²) in [5, 5.41) is 3.15. The van der Waals surface area contributed by atoms with Crippen LogP contribution in [0.3, 0.4) is 0 Å². The molecule has 3 heteroatoms. The maximum atomic E-state index is 11.9. The zero-order chi connectivity index (χ0) is 13.1. The predicted molar refractivity (Wildman–Crippen MR) is 72.3 cm³/mol. The number of esters is 1. The van der Waals surface area contributed by atoms with Gasteiger partial charge < -0.3 is 4.74 Å². The Hall–Kier alpha value is -2.13. The molecule has 19 heavy (non-hydrogen) atoms. The van der Waals surface area contributed by atoms with Gasteiger partial charge in [0.1, 0.15) is 12.6 Å². The highest BCUT2D eigenvalue weighted by Gasteiger charge is 2.44. The predicted octanol–water partition coefficient (Wildman–Crippen LogP) is 2.44. The smallest absolute Gasteiger partial charge is 0.325 e. The number of hydrogen-bond donors (Lipinski definition) is 1. The van der Waals surface area contributed by atoms with Gasteiger partial charge >= 0.3 is 5.97 Å². The van der Waals surface area contributed by atoms with Gasteiger partial charge in [-0.1, -0.05) is 60.7 Å². The molecule has 0 aliphatic carbocycles. The molecule has 0 radical (unpaired) electrons. The molecule has 2 atom stereocenters. The lowest BCUT2D eigenvalue weighted by atomic mass is 10.1. The Balaban J connectivity index is 1.53. The summed E-state index contributed by atoms with van der Waals surface area (Å²) in [5.41, 5.74) is 2.14. The van der Waals surface area contributed by atoms with Crippen molar-refractivity contribution in [3.05, 3.63) is 71.8 Å². The topological polar surface area (TPSA) is 48.2 Å². The normalized spacial score (nSPS) is 20.8. The van der Waals surface area contributed by atoms with Crippen LogP contribution in [0.5, 0.6) is 0 Å². The van der Waals surface area contributed by atoms with E-state index in [0.29, 0.717) is 6.61 Å². The molecular weight excluding hydrogens is 238 g/mol. The number of benzene rings is 2. The first kappa shape index (κ1) is 11.9. The number of ether oxygens (including phenoxy) is 1. The van der Waals surface area contributed by atoms with Crippen LogP contribution in [0.4, 0.5) is 0 Å². The second kappa shape index (κ2) is 5.24. The van der Waals surface area contributed by atoms with Gasteiger partial charge in [-0.25, -0.2) is 0 Å². The van der Waals surface area contributed by atoms with Gasteiger partial charge in [0.05, 0.1) is 6.04 Å². The monoisotopic (exact) mass is 253 g/mol. The average molecular weight is 253 g/mol. The molecule has 0 aromatic heterocycles. The Bertz CT molecular complexity index is 553. The minimum atomic E-state index is -0.203. The summed E-state index contributed by atoms with van der Waals surface area (Å²) in [7, 11) is 0. The summed E-state index contributed by atoms with van der Waals surface area (Å²) >= 11 is 0. The number of rotatable bonds is 4. The van der Waals surface area contributed by atoms with Crippen molar-refractivity contribution in [3.8, 4) is 0 Å². The van der Waals surface area contributed by atoms with Gasteiger partial charge in [-0.05, 0) is 11.1 Å². The van der Waals surface area contributed by atoms with Gasteiger partial charge in [0.25, 0.3) is 0 Å². The van der Waals surface area contributed by atoms with Crippen LogP contribution in [-0.2, 0) is 16.1 Å². The van der Waals surface area contributed by atoms with Crippen molar-refractivity contribution in [2.45, 2.75) is 18.7 Å². The first-order valence-corrected chi connectivity index (χ1v) is 6.36. The maximum Gasteiger partial charge on any atom is 0.325 e. The molecule has 0 bridgehead atoms. The highest BCUT2D eigenvalue weighted by molar-refractivity contribution is 5.80. The Kier molecular flexibility index (Phi) is 3.29. The molecule has 0 amide bonds. The van der Waals surface area contributed by atoms with E-state index in [9.17, 15) is 4.79 Å². The van der Waals surface area contributed by atoms with Gasteiger partial charge in [-0.15, -0.1) is 0 Å². The van der Waals surface area contributed by atoms with Crippen molar-refractivity contribution in [1.82, 2.24) is 5.32 Å². The summed E-state index contributed by atoms with van der Waals surface area (Å²) in [6.07, 6.45) is 0. The van der Waals surface area contributed by atoms with Crippen molar-refractivity contribution >= 4 is 5.97 Å². The fraction of sp³-hybridized carbons (Fsp3) is 0.188. The Morgan fingerprint density at radius 1 is 1.00 bits per heavy atom. The van der Waals surface area contributed by atoms with E-state index in [1.165, 1.54) is 0 Å². The third-order valence-electron chi connectivity index (χ3n) is 3.22. The van der Waals surface area contributed by atoms with E-state index in [2.05, 4.69) is 5.32 Å². The maximum absolute atomic E-state index is 11.9. The quantitative estimate of drug-likeness (QED) is 0.672. The molecular formula is C16H15NO2. The van der Waals surface area contributed by atoms with E-state index in [0.717, 1.165) is 11.1 Å². The lowest BCUT2D eigenvalue weighted by molar-refractivity contribution is -0.144. The average Bonchev–Trinajstić information content (AvgIpc) is 3.27. The lowest BCUT2D eigenvalue weighted by Gasteiger charge is -2.03. The minimum absolute atomic E-state index is 0.101. The second-order valence-electron chi connectivity index (χ2n) is 4.63. The molecule has 0 spiro atoms. The number of hydrogen-bond acceptors (Lipinski definition) is 3. The van der Waals surface area contributed by atoms with Crippen molar-refractivity contribution in [3.63, 3.8) is 0 Å². The molecule has 1 heterocycles. The SMILES string of the molecule is O=C(OCc1ccccc1)[C@H]1N[C@@H]1c1ccccc1. The third kappa shape index (κ3) is 2.83.